The molecule has 0 bridgehead atoms. The fourth-order valence-corrected chi connectivity index (χ4v) is 4.23. The quantitative estimate of drug-likeness (QED) is 0.409. The maximum atomic E-state index is 13.1. The lowest BCUT2D eigenvalue weighted by atomic mass is 9.95. The molecule has 168 valence electrons. The highest BCUT2D eigenvalue weighted by Gasteiger charge is 2.46. The molecule has 0 aromatic heterocycles. The Labute approximate surface area is 191 Å². The number of amides is 1. The summed E-state index contributed by atoms with van der Waals surface area (Å²) in [6.07, 6.45) is 0. The molecule has 0 unspecified atom stereocenters. The van der Waals surface area contributed by atoms with Crippen LogP contribution in [-0.4, -0.2) is 73.1 Å². The minimum absolute atomic E-state index is 0.0625. The molecule has 2 fully saturated rings. The summed E-state index contributed by atoms with van der Waals surface area (Å²) in [7, 11) is 1.56. The van der Waals surface area contributed by atoms with Crippen LogP contribution < -0.4 is 4.74 Å². The Morgan fingerprint density at radius 3 is 2.53 bits per heavy atom. The van der Waals surface area contributed by atoms with Crippen LogP contribution in [0.2, 0.25) is 5.02 Å². The summed E-state index contributed by atoms with van der Waals surface area (Å²) in [6.45, 7) is 3.81. The van der Waals surface area contributed by atoms with Gasteiger partial charge in [-0.05, 0) is 42.0 Å². The van der Waals surface area contributed by atoms with Gasteiger partial charge in [0.2, 0.25) is 0 Å². The third-order valence-electron chi connectivity index (χ3n) is 5.83. The number of likely N-dealkylation sites (tertiary alicyclic amines) is 1. The van der Waals surface area contributed by atoms with Crippen molar-refractivity contribution < 1.29 is 24.2 Å². The number of nitrogens with zero attached hydrogens (tertiary/aromatic N) is 2. The lowest BCUT2D eigenvalue weighted by Crippen LogP contribution is -2.42. The lowest BCUT2D eigenvalue weighted by Gasteiger charge is -2.31. The number of hydrogen-bond donors (Lipinski definition) is 1. The van der Waals surface area contributed by atoms with Gasteiger partial charge in [-0.1, -0.05) is 23.7 Å². The number of benzene rings is 2. The second kappa shape index (κ2) is 9.73. The molecular formula is C24H25ClN2O5. The number of aliphatic hydroxyl groups excluding tert-OH is 1. The summed E-state index contributed by atoms with van der Waals surface area (Å²) in [5.74, 6) is -0.941. The Bertz CT molecular complexity index is 1030. The molecule has 0 saturated carbocycles. The number of ether oxygens (including phenoxy) is 2. The molecule has 4 rings (SSSR count). The molecule has 0 spiro atoms. The molecule has 2 saturated heterocycles. The van der Waals surface area contributed by atoms with Gasteiger partial charge in [0, 0.05) is 36.8 Å². The molecule has 1 amide bonds. The molecular weight excluding hydrogens is 432 g/mol. The fraction of sp³-hybridized carbons (Fsp3) is 0.333. The van der Waals surface area contributed by atoms with Crippen LogP contribution >= 0.6 is 11.6 Å². The summed E-state index contributed by atoms with van der Waals surface area (Å²) < 4.78 is 10.7. The standard InChI is InChI=1S/C24H25ClN2O5/c1-31-19-4-2-3-17(15-19)21-20(22(28)16-5-7-18(25)8-6-16)23(29)24(30)27(21)10-9-26-11-13-32-14-12-26/h2-8,15,21,28H,9-14H2,1H3/t21-/m0/s1. The van der Waals surface area contributed by atoms with Crippen molar-refractivity contribution in [3.8, 4) is 5.75 Å². The first-order chi connectivity index (χ1) is 15.5. The van der Waals surface area contributed by atoms with Crippen molar-refractivity contribution in [2.45, 2.75) is 6.04 Å². The van der Waals surface area contributed by atoms with Crippen LogP contribution in [0.15, 0.2) is 54.1 Å². The zero-order valence-corrected chi connectivity index (χ0v) is 18.5. The summed E-state index contributed by atoms with van der Waals surface area (Å²) in [6, 6.07) is 13.0. The number of aliphatic hydroxyl groups is 1. The van der Waals surface area contributed by atoms with E-state index in [1.807, 2.05) is 6.07 Å². The Morgan fingerprint density at radius 1 is 1.12 bits per heavy atom. The number of halogens is 1. The molecule has 2 aromatic carbocycles. The van der Waals surface area contributed by atoms with Gasteiger partial charge in [-0.15, -0.1) is 0 Å². The average molecular weight is 457 g/mol. The van der Waals surface area contributed by atoms with Gasteiger partial charge in [-0.2, -0.15) is 0 Å². The van der Waals surface area contributed by atoms with E-state index in [1.54, 1.807) is 49.6 Å². The largest absolute Gasteiger partial charge is 0.507 e. The Balaban J connectivity index is 1.74. The highest BCUT2D eigenvalue weighted by molar-refractivity contribution is 6.46. The van der Waals surface area contributed by atoms with E-state index < -0.39 is 17.7 Å². The Morgan fingerprint density at radius 2 is 1.84 bits per heavy atom. The minimum atomic E-state index is -0.721. The molecule has 8 heteroatoms. The smallest absolute Gasteiger partial charge is 0.295 e. The van der Waals surface area contributed by atoms with Gasteiger partial charge < -0.3 is 19.5 Å². The molecule has 0 radical (unpaired) electrons. The second-order valence-electron chi connectivity index (χ2n) is 7.73. The van der Waals surface area contributed by atoms with Crippen molar-refractivity contribution in [1.82, 2.24) is 9.80 Å². The summed E-state index contributed by atoms with van der Waals surface area (Å²) in [5.41, 5.74) is 1.18. The molecule has 2 aromatic rings. The zero-order valence-electron chi connectivity index (χ0n) is 17.8. The van der Waals surface area contributed by atoms with Gasteiger partial charge >= 0.3 is 0 Å². The van der Waals surface area contributed by atoms with Crippen molar-refractivity contribution >= 4 is 29.1 Å². The second-order valence-corrected chi connectivity index (χ2v) is 8.17. The first-order valence-corrected chi connectivity index (χ1v) is 10.9. The number of carbonyl (C=O) groups is 2. The van der Waals surface area contributed by atoms with Crippen LogP contribution in [0.1, 0.15) is 17.2 Å². The van der Waals surface area contributed by atoms with E-state index in [0.29, 0.717) is 48.2 Å². The van der Waals surface area contributed by atoms with Gasteiger partial charge in [0.1, 0.15) is 11.5 Å². The maximum absolute atomic E-state index is 13.1. The molecule has 2 aliphatic rings. The molecule has 1 N–H and O–H groups in total. The van der Waals surface area contributed by atoms with E-state index in [4.69, 9.17) is 21.1 Å². The molecule has 7 nitrogen and oxygen atoms in total. The number of hydrogen-bond acceptors (Lipinski definition) is 6. The summed E-state index contributed by atoms with van der Waals surface area (Å²) in [4.78, 5) is 29.9. The molecule has 2 heterocycles. The number of methoxy groups -OCH3 is 1. The molecule has 1 atom stereocenters. The Kier molecular flexibility index (Phi) is 6.79. The van der Waals surface area contributed by atoms with Crippen molar-refractivity contribution in [2.24, 2.45) is 0 Å². The average Bonchev–Trinajstić information content (AvgIpc) is 3.08. The van der Waals surface area contributed by atoms with Gasteiger partial charge in [0.15, 0.2) is 0 Å². The highest BCUT2D eigenvalue weighted by Crippen LogP contribution is 2.40. The number of ketones is 1. The third kappa shape index (κ3) is 4.50. The van der Waals surface area contributed by atoms with Crippen LogP contribution in [0.5, 0.6) is 5.75 Å². The van der Waals surface area contributed by atoms with Crippen molar-refractivity contribution in [3.63, 3.8) is 0 Å². The normalized spacial score (nSPS) is 21.2. The van der Waals surface area contributed by atoms with Crippen LogP contribution in [0.3, 0.4) is 0 Å². The van der Waals surface area contributed by atoms with Gasteiger partial charge in [0.05, 0.1) is 31.9 Å². The monoisotopic (exact) mass is 456 g/mol. The molecule has 0 aliphatic carbocycles. The van der Waals surface area contributed by atoms with Crippen molar-refractivity contribution in [1.29, 1.82) is 0 Å². The van der Waals surface area contributed by atoms with Crippen LogP contribution in [-0.2, 0) is 14.3 Å². The number of carbonyl (C=O) groups excluding carboxylic acids is 2. The summed E-state index contributed by atoms with van der Waals surface area (Å²) >= 11 is 5.97. The summed E-state index contributed by atoms with van der Waals surface area (Å²) in [5, 5.41) is 11.6. The van der Waals surface area contributed by atoms with Crippen LogP contribution in [0.25, 0.3) is 5.76 Å². The van der Waals surface area contributed by atoms with Gasteiger partial charge in [0.25, 0.3) is 11.7 Å². The van der Waals surface area contributed by atoms with Crippen LogP contribution in [0.4, 0.5) is 0 Å². The fourth-order valence-electron chi connectivity index (χ4n) is 4.11. The predicted octanol–water partition coefficient (Wildman–Crippen LogP) is 3.10. The molecule has 32 heavy (non-hydrogen) atoms. The SMILES string of the molecule is COc1cccc([C@H]2C(=C(O)c3ccc(Cl)cc3)C(=O)C(=O)N2CCN2CCOCC2)c1. The maximum Gasteiger partial charge on any atom is 0.295 e. The van der Waals surface area contributed by atoms with Crippen LogP contribution in [0, 0.1) is 0 Å². The topological polar surface area (TPSA) is 79.3 Å². The number of rotatable bonds is 6. The van der Waals surface area contributed by atoms with Crippen molar-refractivity contribution in [3.05, 3.63) is 70.3 Å². The highest BCUT2D eigenvalue weighted by atomic mass is 35.5. The third-order valence-corrected chi connectivity index (χ3v) is 6.08. The lowest BCUT2D eigenvalue weighted by molar-refractivity contribution is -0.140. The first-order valence-electron chi connectivity index (χ1n) is 10.5. The van der Waals surface area contributed by atoms with E-state index in [1.165, 1.54) is 4.90 Å². The van der Waals surface area contributed by atoms with E-state index in [-0.39, 0.29) is 11.3 Å². The van der Waals surface area contributed by atoms with E-state index >= 15 is 0 Å². The number of morpholine rings is 1. The van der Waals surface area contributed by atoms with Gasteiger partial charge in [-0.25, -0.2) is 0 Å². The zero-order chi connectivity index (χ0) is 22.7. The minimum Gasteiger partial charge on any atom is -0.507 e. The first kappa shape index (κ1) is 22.3. The van der Waals surface area contributed by atoms with E-state index in [2.05, 4.69) is 4.90 Å². The van der Waals surface area contributed by atoms with Gasteiger partial charge in [-0.3, -0.25) is 14.5 Å². The number of Topliss-reactive ketones (excluding diaryl/α,β-unsaturated/α-hetero) is 1. The van der Waals surface area contributed by atoms with E-state index in [0.717, 1.165) is 13.1 Å². The predicted molar refractivity (Wildman–Crippen MR) is 121 cm³/mol. The van der Waals surface area contributed by atoms with E-state index in [9.17, 15) is 14.7 Å². The van der Waals surface area contributed by atoms with Crippen molar-refractivity contribution in [2.75, 3.05) is 46.5 Å². The molecule has 2 aliphatic heterocycles. The Hall–Kier alpha value is -2.87.